The lowest BCUT2D eigenvalue weighted by Crippen LogP contribution is -2.06. The summed E-state index contributed by atoms with van der Waals surface area (Å²) >= 11 is 3.50. The van der Waals surface area contributed by atoms with Gasteiger partial charge in [0, 0.05) is 22.8 Å². The van der Waals surface area contributed by atoms with E-state index in [0.29, 0.717) is 12.4 Å². The Morgan fingerprint density at radius 1 is 0.763 bits per heavy atom. The molecule has 0 N–H and O–H groups in total. The molecule has 6 rings (SSSR count). The normalized spacial score (nSPS) is 11.8. The maximum absolute atomic E-state index is 13.1. The number of hydrogen-bond donors (Lipinski definition) is 0. The molecular weight excluding hydrogens is 553 g/mol. The second-order valence-electron chi connectivity index (χ2n) is 8.88. The van der Waals surface area contributed by atoms with Crippen LogP contribution in [0, 0.1) is 0 Å². The topological polar surface area (TPSA) is 35.6 Å². The van der Waals surface area contributed by atoms with Gasteiger partial charge in [0.15, 0.2) is 0 Å². The van der Waals surface area contributed by atoms with Gasteiger partial charge in [0.25, 0.3) is 0 Å². The predicted molar refractivity (Wildman–Crippen MR) is 146 cm³/mol. The van der Waals surface area contributed by atoms with Crippen LogP contribution in [0.1, 0.15) is 11.1 Å². The number of halogens is 4. The number of fused-ring (bicyclic) bond motifs is 1. The van der Waals surface area contributed by atoms with Crippen LogP contribution >= 0.6 is 15.9 Å². The number of aromatic nitrogens is 4. The zero-order valence-electron chi connectivity index (χ0n) is 19.9. The summed E-state index contributed by atoms with van der Waals surface area (Å²) in [7, 11) is 0. The summed E-state index contributed by atoms with van der Waals surface area (Å²) in [5.41, 5.74) is 5.15. The molecular formula is C30H20BrF3N4. The molecule has 0 bridgehead atoms. The van der Waals surface area contributed by atoms with Crippen molar-refractivity contribution < 1.29 is 13.2 Å². The van der Waals surface area contributed by atoms with Crippen molar-refractivity contribution in [3.8, 4) is 28.3 Å². The molecule has 0 unspecified atom stereocenters. The molecule has 0 fully saturated rings. The Labute approximate surface area is 225 Å². The van der Waals surface area contributed by atoms with Crippen molar-refractivity contribution in [2.45, 2.75) is 12.7 Å². The van der Waals surface area contributed by atoms with Crippen LogP contribution in [-0.4, -0.2) is 19.3 Å². The van der Waals surface area contributed by atoms with Gasteiger partial charge in [-0.1, -0.05) is 70.5 Å². The van der Waals surface area contributed by atoms with Gasteiger partial charge in [0.2, 0.25) is 0 Å². The molecule has 4 aromatic carbocycles. The van der Waals surface area contributed by atoms with E-state index >= 15 is 0 Å². The van der Waals surface area contributed by atoms with Crippen molar-refractivity contribution in [3.05, 3.63) is 125 Å². The van der Waals surface area contributed by atoms with E-state index in [1.807, 2.05) is 94.3 Å². The van der Waals surface area contributed by atoms with E-state index in [9.17, 15) is 13.2 Å². The number of benzene rings is 4. The molecule has 38 heavy (non-hydrogen) atoms. The molecule has 0 radical (unpaired) electrons. The van der Waals surface area contributed by atoms with E-state index in [0.717, 1.165) is 55.7 Å². The highest BCUT2D eigenvalue weighted by atomic mass is 79.9. The zero-order chi connectivity index (χ0) is 26.3. The van der Waals surface area contributed by atoms with Gasteiger partial charge >= 0.3 is 6.18 Å². The minimum absolute atomic E-state index is 0.351. The number of rotatable bonds is 5. The smallest absolute Gasteiger partial charge is 0.319 e. The highest BCUT2D eigenvalue weighted by Gasteiger charge is 2.30. The lowest BCUT2D eigenvalue weighted by atomic mass is 10.1. The third kappa shape index (κ3) is 4.63. The van der Waals surface area contributed by atoms with Crippen LogP contribution in [0.5, 0.6) is 0 Å². The summed E-state index contributed by atoms with van der Waals surface area (Å²) in [5, 5.41) is 4.94. The highest BCUT2D eigenvalue weighted by molar-refractivity contribution is 9.10. The third-order valence-corrected chi connectivity index (χ3v) is 6.90. The van der Waals surface area contributed by atoms with Crippen molar-refractivity contribution in [1.29, 1.82) is 0 Å². The van der Waals surface area contributed by atoms with Gasteiger partial charge in [-0.2, -0.15) is 18.3 Å². The van der Waals surface area contributed by atoms with Crippen LogP contribution in [-0.2, 0) is 12.7 Å². The van der Waals surface area contributed by atoms with E-state index < -0.39 is 11.7 Å². The first kappa shape index (κ1) is 24.2. The van der Waals surface area contributed by atoms with E-state index in [1.165, 1.54) is 12.1 Å². The largest absolute Gasteiger partial charge is 0.416 e. The van der Waals surface area contributed by atoms with E-state index in [4.69, 9.17) is 10.1 Å². The fourth-order valence-electron chi connectivity index (χ4n) is 4.49. The Hall–Kier alpha value is -4.17. The Bertz CT molecular complexity index is 1720. The van der Waals surface area contributed by atoms with Crippen LogP contribution < -0.4 is 0 Å². The quantitative estimate of drug-likeness (QED) is 0.208. The van der Waals surface area contributed by atoms with Crippen LogP contribution in [0.4, 0.5) is 13.2 Å². The minimum Gasteiger partial charge on any atom is -0.319 e. The van der Waals surface area contributed by atoms with Gasteiger partial charge in [0.1, 0.15) is 11.5 Å². The summed E-state index contributed by atoms with van der Waals surface area (Å²) in [6, 6.07) is 30.8. The second-order valence-corrected chi connectivity index (χ2v) is 9.80. The van der Waals surface area contributed by atoms with Gasteiger partial charge in [0.05, 0.1) is 27.8 Å². The van der Waals surface area contributed by atoms with Gasteiger partial charge in [-0.25, -0.2) is 9.67 Å². The molecule has 6 aromatic rings. The van der Waals surface area contributed by atoms with Gasteiger partial charge in [-0.15, -0.1) is 0 Å². The summed E-state index contributed by atoms with van der Waals surface area (Å²) in [4.78, 5) is 4.97. The molecule has 0 aliphatic carbocycles. The molecule has 188 valence electrons. The van der Waals surface area contributed by atoms with Gasteiger partial charge in [-0.3, -0.25) is 0 Å². The second kappa shape index (κ2) is 9.61. The first-order valence-corrected chi connectivity index (χ1v) is 12.7. The molecule has 0 saturated carbocycles. The molecule has 2 heterocycles. The maximum Gasteiger partial charge on any atom is 0.416 e. The SMILES string of the molecule is FC(F)(F)c1ccc(Cn2c(-c3cn(-c4ccccc4)nc3-c3ccc(Br)cc3)nc3ccccc32)cc1. The molecule has 0 amide bonds. The highest BCUT2D eigenvalue weighted by Crippen LogP contribution is 2.35. The fraction of sp³-hybridized carbons (Fsp3) is 0.0667. The fourth-order valence-corrected chi connectivity index (χ4v) is 4.76. The van der Waals surface area contributed by atoms with Crippen molar-refractivity contribution in [3.63, 3.8) is 0 Å². The lowest BCUT2D eigenvalue weighted by molar-refractivity contribution is -0.137. The van der Waals surface area contributed by atoms with Crippen LogP contribution in [0.25, 0.3) is 39.4 Å². The van der Waals surface area contributed by atoms with Crippen molar-refractivity contribution in [2.24, 2.45) is 0 Å². The lowest BCUT2D eigenvalue weighted by Gasteiger charge is -2.11. The van der Waals surface area contributed by atoms with Crippen LogP contribution in [0.2, 0.25) is 0 Å². The van der Waals surface area contributed by atoms with Crippen molar-refractivity contribution in [1.82, 2.24) is 19.3 Å². The first-order chi connectivity index (χ1) is 18.4. The van der Waals surface area contributed by atoms with E-state index in [2.05, 4.69) is 15.9 Å². The molecule has 0 atom stereocenters. The molecule has 0 aliphatic rings. The number of imidazole rings is 1. The Balaban J connectivity index is 1.53. The molecule has 8 heteroatoms. The number of para-hydroxylation sites is 3. The van der Waals surface area contributed by atoms with Crippen LogP contribution in [0.3, 0.4) is 0 Å². The van der Waals surface area contributed by atoms with Gasteiger partial charge < -0.3 is 4.57 Å². The average Bonchev–Trinajstić information content (AvgIpc) is 3.52. The third-order valence-electron chi connectivity index (χ3n) is 6.37. The molecule has 0 aliphatic heterocycles. The van der Waals surface area contributed by atoms with E-state index in [-0.39, 0.29) is 0 Å². The molecule has 2 aromatic heterocycles. The standard InChI is InChI=1S/C30H20BrF3N4/c31-23-16-12-21(13-17-23)28-25(19-38(36-28)24-6-2-1-3-7-24)29-35-26-8-4-5-9-27(26)37(29)18-20-10-14-22(15-11-20)30(32,33)34/h1-17,19H,18H2. The average molecular weight is 573 g/mol. The van der Waals surface area contributed by atoms with Crippen LogP contribution in [0.15, 0.2) is 114 Å². The molecule has 4 nitrogen and oxygen atoms in total. The Kier molecular flexibility index (Phi) is 6.12. The Morgan fingerprint density at radius 2 is 1.45 bits per heavy atom. The zero-order valence-corrected chi connectivity index (χ0v) is 21.5. The van der Waals surface area contributed by atoms with E-state index in [1.54, 1.807) is 0 Å². The monoisotopic (exact) mass is 572 g/mol. The maximum atomic E-state index is 13.1. The summed E-state index contributed by atoms with van der Waals surface area (Å²) in [6.07, 6.45) is -2.42. The summed E-state index contributed by atoms with van der Waals surface area (Å²) in [5.74, 6) is 0.686. The summed E-state index contributed by atoms with van der Waals surface area (Å²) < 4.78 is 44.2. The minimum atomic E-state index is -4.38. The summed E-state index contributed by atoms with van der Waals surface area (Å²) in [6.45, 7) is 0.351. The van der Waals surface area contributed by atoms with Crippen molar-refractivity contribution >= 4 is 27.0 Å². The van der Waals surface area contributed by atoms with Crippen molar-refractivity contribution in [2.75, 3.05) is 0 Å². The first-order valence-electron chi connectivity index (χ1n) is 11.9. The predicted octanol–water partition coefficient (Wildman–Crippen LogP) is 8.39. The molecule has 0 saturated heterocycles. The number of alkyl halides is 3. The van der Waals surface area contributed by atoms with Gasteiger partial charge in [-0.05, 0) is 54.1 Å². The number of nitrogens with zero attached hydrogens (tertiary/aromatic N) is 4. The number of hydrogen-bond acceptors (Lipinski definition) is 2. The Morgan fingerprint density at radius 3 is 2.16 bits per heavy atom. The molecule has 0 spiro atoms.